The summed E-state index contributed by atoms with van der Waals surface area (Å²) in [5.41, 5.74) is 3.44. The van der Waals surface area contributed by atoms with E-state index < -0.39 is 17.7 Å². The summed E-state index contributed by atoms with van der Waals surface area (Å²) in [7, 11) is 0. The van der Waals surface area contributed by atoms with E-state index in [9.17, 15) is 14.7 Å². The number of Topliss-reactive ketones (excluding diaryl/α,β-unsaturated/α-hetero) is 1. The molecule has 2 heterocycles. The third-order valence-electron chi connectivity index (χ3n) is 5.25. The Kier molecular flexibility index (Phi) is 5.93. The van der Waals surface area contributed by atoms with Crippen LogP contribution in [-0.2, 0) is 16.0 Å². The second-order valence-electron chi connectivity index (χ2n) is 7.18. The second kappa shape index (κ2) is 8.64. The highest BCUT2D eigenvalue weighted by molar-refractivity contribution is 8.00. The number of aliphatic hydroxyl groups excluding tert-OH is 1. The number of nitrogens with zero attached hydrogens (tertiary/aromatic N) is 3. The molecule has 0 saturated carbocycles. The van der Waals surface area contributed by atoms with Crippen LogP contribution in [0.3, 0.4) is 0 Å². The molecule has 1 aliphatic rings. The zero-order chi connectivity index (χ0) is 22.1. The summed E-state index contributed by atoms with van der Waals surface area (Å²) < 4.78 is 0.690. The van der Waals surface area contributed by atoms with Crippen molar-refractivity contribution in [3.05, 3.63) is 76.4 Å². The van der Waals surface area contributed by atoms with Crippen LogP contribution in [0.2, 0.25) is 0 Å². The number of hydrogen-bond donors (Lipinski definition) is 1. The van der Waals surface area contributed by atoms with Crippen LogP contribution in [0.4, 0.5) is 5.13 Å². The molecule has 0 spiro atoms. The molecule has 0 bridgehead atoms. The van der Waals surface area contributed by atoms with Gasteiger partial charge in [-0.1, -0.05) is 84.1 Å². The molecule has 8 heteroatoms. The van der Waals surface area contributed by atoms with E-state index >= 15 is 0 Å². The molecule has 0 radical (unpaired) electrons. The SMILES string of the molecule is CCc1ccc(C2C(=C(O)c3ccc(C)cc3)C(=O)C(=O)N2c2nnc(SC)s2)cc1. The van der Waals surface area contributed by atoms with Crippen LogP contribution in [0.5, 0.6) is 0 Å². The van der Waals surface area contributed by atoms with Gasteiger partial charge >= 0.3 is 5.91 Å². The molecule has 1 aromatic heterocycles. The Balaban J connectivity index is 1.91. The maximum absolute atomic E-state index is 13.1. The van der Waals surface area contributed by atoms with Gasteiger partial charge < -0.3 is 5.11 Å². The fourth-order valence-corrected chi connectivity index (χ4v) is 4.82. The van der Waals surface area contributed by atoms with E-state index in [2.05, 4.69) is 17.1 Å². The van der Waals surface area contributed by atoms with Crippen LogP contribution in [-0.4, -0.2) is 33.3 Å². The van der Waals surface area contributed by atoms with Gasteiger partial charge in [-0.25, -0.2) is 0 Å². The quantitative estimate of drug-likeness (QED) is 0.198. The number of carbonyl (C=O) groups is 2. The Labute approximate surface area is 188 Å². The molecule has 1 aliphatic heterocycles. The van der Waals surface area contributed by atoms with Crippen molar-refractivity contribution in [2.45, 2.75) is 30.6 Å². The summed E-state index contributed by atoms with van der Waals surface area (Å²) in [4.78, 5) is 27.5. The Morgan fingerprint density at radius 1 is 1.10 bits per heavy atom. The van der Waals surface area contributed by atoms with Gasteiger partial charge in [-0.3, -0.25) is 14.5 Å². The summed E-state index contributed by atoms with van der Waals surface area (Å²) in [6.45, 7) is 4.00. The molecule has 1 N–H and O–H groups in total. The highest BCUT2D eigenvalue weighted by Crippen LogP contribution is 2.43. The predicted octanol–water partition coefficient (Wildman–Crippen LogP) is 4.76. The topological polar surface area (TPSA) is 83.4 Å². The third-order valence-corrected chi connectivity index (χ3v) is 7.15. The minimum absolute atomic E-state index is 0.0546. The lowest BCUT2D eigenvalue weighted by atomic mass is 9.94. The molecule has 31 heavy (non-hydrogen) atoms. The number of thioether (sulfide) groups is 1. The van der Waals surface area contributed by atoms with Crippen LogP contribution >= 0.6 is 23.1 Å². The second-order valence-corrected chi connectivity index (χ2v) is 9.19. The lowest BCUT2D eigenvalue weighted by Gasteiger charge is -2.22. The van der Waals surface area contributed by atoms with Gasteiger partial charge in [-0.2, -0.15) is 0 Å². The number of benzene rings is 2. The van der Waals surface area contributed by atoms with Gasteiger partial charge in [-0.15, -0.1) is 10.2 Å². The summed E-state index contributed by atoms with van der Waals surface area (Å²) in [5, 5.41) is 19.6. The van der Waals surface area contributed by atoms with Gasteiger partial charge in [0.15, 0.2) is 4.34 Å². The average Bonchev–Trinajstić information content (AvgIpc) is 3.36. The van der Waals surface area contributed by atoms with Crippen molar-refractivity contribution in [3.8, 4) is 0 Å². The van der Waals surface area contributed by atoms with Crippen molar-refractivity contribution in [1.82, 2.24) is 10.2 Å². The van der Waals surface area contributed by atoms with Crippen LogP contribution in [0, 0.1) is 6.92 Å². The minimum atomic E-state index is -0.783. The molecule has 1 saturated heterocycles. The molecular formula is C23H21N3O3S2. The fraction of sp³-hybridized carbons (Fsp3) is 0.217. The minimum Gasteiger partial charge on any atom is -0.507 e. The highest BCUT2D eigenvalue weighted by Gasteiger charge is 2.48. The van der Waals surface area contributed by atoms with Gasteiger partial charge in [0, 0.05) is 5.56 Å². The molecule has 0 aliphatic carbocycles. The zero-order valence-electron chi connectivity index (χ0n) is 17.3. The van der Waals surface area contributed by atoms with Gasteiger partial charge in [0.1, 0.15) is 5.76 Å². The van der Waals surface area contributed by atoms with Crippen molar-refractivity contribution in [2.75, 3.05) is 11.2 Å². The monoisotopic (exact) mass is 451 g/mol. The Bertz CT molecular complexity index is 1170. The van der Waals surface area contributed by atoms with Crippen LogP contribution in [0.15, 0.2) is 58.4 Å². The van der Waals surface area contributed by atoms with Crippen molar-refractivity contribution in [2.24, 2.45) is 0 Å². The molecule has 2 aromatic carbocycles. The van der Waals surface area contributed by atoms with E-state index in [1.54, 1.807) is 12.1 Å². The van der Waals surface area contributed by atoms with Crippen molar-refractivity contribution in [1.29, 1.82) is 0 Å². The summed E-state index contributed by atoms with van der Waals surface area (Å²) in [6.07, 6.45) is 2.74. The van der Waals surface area contributed by atoms with Crippen molar-refractivity contribution in [3.63, 3.8) is 0 Å². The van der Waals surface area contributed by atoms with Gasteiger partial charge in [0.25, 0.3) is 5.78 Å². The zero-order valence-corrected chi connectivity index (χ0v) is 19.0. The Morgan fingerprint density at radius 3 is 2.35 bits per heavy atom. The van der Waals surface area contributed by atoms with E-state index in [0.717, 1.165) is 23.1 Å². The first-order chi connectivity index (χ1) is 14.9. The number of carbonyl (C=O) groups excluding carboxylic acids is 2. The molecule has 1 amide bonds. The van der Waals surface area contributed by atoms with Crippen molar-refractivity contribution < 1.29 is 14.7 Å². The largest absolute Gasteiger partial charge is 0.507 e. The van der Waals surface area contributed by atoms with Gasteiger partial charge in [0.2, 0.25) is 5.13 Å². The Morgan fingerprint density at radius 2 is 1.77 bits per heavy atom. The number of amides is 1. The maximum Gasteiger partial charge on any atom is 0.301 e. The first-order valence-electron chi connectivity index (χ1n) is 9.79. The number of rotatable bonds is 5. The first-order valence-corrected chi connectivity index (χ1v) is 11.8. The standard InChI is InChI=1S/C23H21N3O3S2/c1-4-14-7-11-15(12-8-14)18-17(19(27)16-9-5-13(2)6-10-16)20(28)21(29)26(18)22-24-25-23(30-3)31-22/h5-12,18,27H,4H2,1-3H3. The number of hydrogen-bond acceptors (Lipinski definition) is 7. The Hall–Kier alpha value is -2.97. The molecule has 1 fully saturated rings. The van der Waals surface area contributed by atoms with Crippen LogP contribution in [0.25, 0.3) is 5.76 Å². The summed E-state index contributed by atoms with van der Waals surface area (Å²) in [5.74, 6) is -1.65. The lowest BCUT2D eigenvalue weighted by molar-refractivity contribution is -0.132. The van der Waals surface area contributed by atoms with E-state index in [4.69, 9.17) is 0 Å². The molecule has 3 aromatic rings. The predicted molar refractivity (Wildman–Crippen MR) is 123 cm³/mol. The number of aliphatic hydroxyl groups is 1. The highest BCUT2D eigenvalue weighted by atomic mass is 32.2. The third kappa shape index (κ3) is 3.88. The normalized spacial score (nSPS) is 18.0. The van der Waals surface area contributed by atoms with Gasteiger partial charge in [-0.05, 0) is 30.7 Å². The number of aromatic nitrogens is 2. The lowest BCUT2D eigenvalue weighted by Crippen LogP contribution is -2.29. The molecule has 1 atom stereocenters. The summed E-state index contributed by atoms with van der Waals surface area (Å²) in [6, 6.07) is 14.1. The molecule has 6 nitrogen and oxygen atoms in total. The number of anilines is 1. The van der Waals surface area contributed by atoms with Crippen LogP contribution < -0.4 is 4.90 Å². The molecule has 1 unspecified atom stereocenters. The molecule has 4 rings (SSSR count). The summed E-state index contributed by atoms with van der Waals surface area (Å²) >= 11 is 2.66. The van der Waals surface area contributed by atoms with Gasteiger partial charge in [0.05, 0.1) is 11.6 Å². The van der Waals surface area contributed by atoms with Crippen molar-refractivity contribution >= 4 is 45.7 Å². The van der Waals surface area contributed by atoms with E-state index in [1.165, 1.54) is 28.0 Å². The van der Waals surface area contributed by atoms with E-state index in [0.29, 0.717) is 15.0 Å². The van der Waals surface area contributed by atoms with Crippen LogP contribution in [0.1, 0.15) is 35.2 Å². The molecule has 158 valence electrons. The maximum atomic E-state index is 13.1. The fourth-order valence-electron chi connectivity index (χ4n) is 3.53. The smallest absolute Gasteiger partial charge is 0.301 e. The number of aryl methyl sites for hydroxylation is 2. The number of ketones is 1. The van der Waals surface area contributed by atoms with E-state index in [-0.39, 0.29) is 11.3 Å². The average molecular weight is 452 g/mol. The molecular weight excluding hydrogens is 430 g/mol. The first kappa shape index (κ1) is 21.3. The van der Waals surface area contributed by atoms with E-state index in [1.807, 2.05) is 49.6 Å².